The van der Waals surface area contributed by atoms with Gasteiger partial charge in [-0.1, -0.05) is 0 Å². The van der Waals surface area contributed by atoms with E-state index in [1.54, 1.807) is 4.68 Å². The average molecular weight is 535 g/mol. The molecular weight excluding hydrogens is 497 g/mol. The summed E-state index contributed by atoms with van der Waals surface area (Å²) in [5.74, 6) is 1.76. The Kier molecular flexibility index (Phi) is 10.1. The van der Waals surface area contributed by atoms with Crippen molar-refractivity contribution in [1.82, 2.24) is 29.9 Å². The van der Waals surface area contributed by atoms with Crippen LogP contribution in [0.1, 0.15) is 45.9 Å². The summed E-state index contributed by atoms with van der Waals surface area (Å²) < 4.78 is 8.91. The molecule has 2 N–H and O–H groups in total. The first-order valence-electron chi connectivity index (χ1n) is 11.0. The SMILES string of the molecule is CCNC(=NCC(C)(C)N1CCOCC1)NCCCn1nc2n(c1=O)CCCC2.I. The van der Waals surface area contributed by atoms with Gasteiger partial charge in [0.05, 0.1) is 19.8 Å². The standard InChI is InChI=1S/C20H37N7O2.HI/c1-4-21-18(23-16-20(2,3)25-12-14-29-15-13-25)22-9-7-11-27-19(28)26-10-6-5-8-17(26)24-27;/h4-16H2,1-3H3,(H2,21,22,23);1H. The monoisotopic (exact) mass is 535 g/mol. The minimum atomic E-state index is -0.00501. The fourth-order valence-corrected chi connectivity index (χ4v) is 3.91. The lowest BCUT2D eigenvalue weighted by Crippen LogP contribution is -2.52. The molecule has 3 rings (SSSR count). The Labute approximate surface area is 196 Å². The van der Waals surface area contributed by atoms with Gasteiger partial charge in [0.2, 0.25) is 0 Å². The van der Waals surface area contributed by atoms with Gasteiger partial charge < -0.3 is 15.4 Å². The summed E-state index contributed by atoms with van der Waals surface area (Å²) in [5, 5.41) is 11.2. The van der Waals surface area contributed by atoms with Gasteiger partial charge in [0.1, 0.15) is 5.82 Å². The largest absolute Gasteiger partial charge is 0.379 e. The van der Waals surface area contributed by atoms with E-state index in [1.807, 2.05) is 4.57 Å². The first kappa shape index (κ1) is 25.1. The lowest BCUT2D eigenvalue weighted by Gasteiger charge is -2.39. The molecule has 0 bridgehead atoms. The number of ether oxygens (including phenoxy) is 1. The van der Waals surface area contributed by atoms with Crippen molar-refractivity contribution in [2.24, 2.45) is 4.99 Å². The second-order valence-corrected chi connectivity index (χ2v) is 8.42. The van der Waals surface area contributed by atoms with Crippen LogP contribution in [0.2, 0.25) is 0 Å². The number of nitrogens with zero attached hydrogens (tertiary/aromatic N) is 5. The molecule has 0 amide bonds. The Balaban J connectivity index is 0.00000320. The fourth-order valence-electron chi connectivity index (χ4n) is 3.91. The van der Waals surface area contributed by atoms with E-state index < -0.39 is 0 Å². The van der Waals surface area contributed by atoms with Gasteiger partial charge in [-0.2, -0.15) is 5.10 Å². The summed E-state index contributed by atoms with van der Waals surface area (Å²) in [4.78, 5) is 19.6. The van der Waals surface area contributed by atoms with Crippen molar-refractivity contribution >= 4 is 29.9 Å². The van der Waals surface area contributed by atoms with Crippen molar-refractivity contribution < 1.29 is 4.74 Å². The van der Waals surface area contributed by atoms with Crippen LogP contribution in [0.3, 0.4) is 0 Å². The van der Waals surface area contributed by atoms with Crippen LogP contribution in [0.25, 0.3) is 0 Å². The highest BCUT2D eigenvalue weighted by atomic mass is 127. The number of nitrogens with one attached hydrogen (secondary N) is 2. The number of aromatic nitrogens is 3. The van der Waals surface area contributed by atoms with Gasteiger partial charge in [-0.05, 0) is 40.0 Å². The molecular formula is C20H38IN7O2. The zero-order valence-electron chi connectivity index (χ0n) is 18.7. The van der Waals surface area contributed by atoms with Crippen LogP contribution in [0.15, 0.2) is 9.79 Å². The predicted octanol–water partition coefficient (Wildman–Crippen LogP) is 1.06. The summed E-state index contributed by atoms with van der Waals surface area (Å²) in [6, 6.07) is 0. The van der Waals surface area contributed by atoms with Crippen molar-refractivity contribution in [2.45, 2.75) is 65.1 Å². The minimum Gasteiger partial charge on any atom is -0.379 e. The molecule has 1 aromatic rings. The van der Waals surface area contributed by atoms with Crippen molar-refractivity contribution in [3.05, 3.63) is 16.3 Å². The van der Waals surface area contributed by atoms with Crippen molar-refractivity contribution in [3.63, 3.8) is 0 Å². The van der Waals surface area contributed by atoms with Crippen molar-refractivity contribution in [2.75, 3.05) is 45.9 Å². The summed E-state index contributed by atoms with van der Waals surface area (Å²) >= 11 is 0. The molecule has 9 nitrogen and oxygen atoms in total. The Morgan fingerprint density at radius 3 is 2.67 bits per heavy atom. The number of fused-ring (bicyclic) bond motifs is 1. The number of hydrogen-bond donors (Lipinski definition) is 2. The summed E-state index contributed by atoms with van der Waals surface area (Å²) in [7, 11) is 0. The molecule has 0 saturated carbocycles. The lowest BCUT2D eigenvalue weighted by molar-refractivity contribution is -0.00683. The highest BCUT2D eigenvalue weighted by Crippen LogP contribution is 2.16. The molecule has 2 aliphatic heterocycles. The number of halogens is 1. The van der Waals surface area contributed by atoms with Gasteiger partial charge in [0.15, 0.2) is 5.96 Å². The van der Waals surface area contributed by atoms with Crippen LogP contribution in [0, 0.1) is 0 Å². The van der Waals surface area contributed by atoms with Crippen LogP contribution >= 0.6 is 24.0 Å². The maximum atomic E-state index is 12.4. The molecule has 0 aromatic carbocycles. The van der Waals surface area contributed by atoms with E-state index >= 15 is 0 Å². The molecule has 1 fully saturated rings. The van der Waals surface area contributed by atoms with Gasteiger partial charge >= 0.3 is 5.69 Å². The maximum Gasteiger partial charge on any atom is 0.345 e. The number of aryl methyl sites for hydroxylation is 2. The Morgan fingerprint density at radius 2 is 1.97 bits per heavy atom. The number of guanidine groups is 1. The summed E-state index contributed by atoms with van der Waals surface area (Å²) in [6.45, 7) is 13.8. The smallest absolute Gasteiger partial charge is 0.345 e. The fraction of sp³-hybridized carbons (Fsp3) is 0.850. The zero-order valence-corrected chi connectivity index (χ0v) is 21.0. The molecule has 0 aliphatic carbocycles. The van der Waals surface area contributed by atoms with E-state index in [-0.39, 0.29) is 35.2 Å². The number of aliphatic imine (C=N–C) groups is 1. The predicted molar refractivity (Wildman–Crippen MR) is 130 cm³/mol. The van der Waals surface area contributed by atoms with Gasteiger partial charge in [0, 0.05) is 51.2 Å². The Morgan fingerprint density at radius 1 is 1.20 bits per heavy atom. The Bertz CT molecular complexity index is 738. The van der Waals surface area contributed by atoms with Gasteiger partial charge in [0.25, 0.3) is 0 Å². The molecule has 172 valence electrons. The molecule has 0 radical (unpaired) electrons. The highest BCUT2D eigenvalue weighted by Gasteiger charge is 2.28. The van der Waals surface area contributed by atoms with Crippen LogP contribution in [-0.4, -0.2) is 76.7 Å². The molecule has 30 heavy (non-hydrogen) atoms. The molecule has 1 aromatic heterocycles. The highest BCUT2D eigenvalue weighted by molar-refractivity contribution is 14.0. The Hall–Kier alpha value is -1.14. The first-order valence-corrected chi connectivity index (χ1v) is 11.0. The summed E-state index contributed by atoms with van der Waals surface area (Å²) in [6.07, 6.45) is 3.94. The lowest BCUT2D eigenvalue weighted by atomic mass is 10.0. The van der Waals surface area contributed by atoms with Gasteiger partial charge in [-0.3, -0.25) is 14.5 Å². The summed E-state index contributed by atoms with van der Waals surface area (Å²) in [5.41, 5.74) is 0.0297. The van der Waals surface area contributed by atoms with Crippen LogP contribution < -0.4 is 16.3 Å². The van der Waals surface area contributed by atoms with E-state index in [0.717, 1.165) is 89.9 Å². The first-order chi connectivity index (χ1) is 14.0. The van der Waals surface area contributed by atoms with E-state index in [2.05, 4.69) is 41.4 Å². The van der Waals surface area contributed by atoms with E-state index in [1.165, 1.54) is 0 Å². The topological polar surface area (TPSA) is 88.7 Å². The van der Waals surface area contributed by atoms with E-state index in [0.29, 0.717) is 6.54 Å². The normalized spacial score (nSPS) is 17.9. The maximum absolute atomic E-state index is 12.4. The van der Waals surface area contributed by atoms with E-state index in [9.17, 15) is 4.79 Å². The molecule has 0 unspecified atom stereocenters. The van der Waals surface area contributed by atoms with E-state index in [4.69, 9.17) is 9.73 Å². The third kappa shape index (κ3) is 6.68. The van der Waals surface area contributed by atoms with Gasteiger partial charge in [-0.25, -0.2) is 9.48 Å². The number of rotatable bonds is 8. The molecule has 2 aliphatic rings. The quantitative estimate of drug-likeness (QED) is 0.224. The molecule has 0 spiro atoms. The second kappa shape index (κ2) is 12.0. The molecule has 10 heteroatoms. The number of morpholine rings is 1. The minimum absolute atomic E-state index is 0. The third-order valence-electron chi connectivity index (χ3n) is 5.71. The van der Waals surface area contributed by atoms with Crippen molar-refractivity contribution in [3.8, 4) is 0 Å². The number of hydrogen-bond acceptors (Lipinski definition) is 5. The van der Waals surface area contributed by atoms with Crippen LogP contribution in [0.4, 0.5) is 0 Å². The third-order valence-corrected chi connectivity index (χ3v) is 5.71. The zero-order chi connectivity index (χ0) is 20.7. The van der Waals surface area contributed by atoms with Crippen molar-refractivity contribution in [1.29, 1.82) is 0 Å². The molecule has 0 atom stereocenters. The van der Waals surface area contributed by atoms with Crippen LogP contribution in [-0.2, 0) is 24.2 Å². The molecule has 3 heterocycles. The van der Waals surface area contributed by atoms with Crippen LogP contribution in [0.5, 0.6) is 0 Å². The second-order valence-electron chi connectivity index (χ2n) is 8.42. The average Bonchev–Trinajstić information content (AvgIpc) is 3.06. The molecule has 1 saturated heterocycles. The van der Waals surface area contributed by atoms with Gasteiger partial charge in [-0.15, -0.1) is 24.0 Å².